The maximum atomic E-state index is 14.8. The molecule has 2 aliphatic heterocycles. The molecule has 1 aliphatic carbocycles. The first-order valence-electron chi connectivity index (χ1n) is 14.3. The molecule has 1 atom stereocenters. The summed E-state index contributed by atoms with van der Waals surface area (Å²) in [4.78, 5) is 18.0. The SMILES string of the molecule is Cn1ccc2cc(NC(=O)c3ccc(S(=O)(=O)NCCO)cc3N3CCC4(CC3)CC4)cc(N3CCC(C)(F)C3)c21. The molecule has 3 aromatic rings. The number of anilines is 3. The van der Waals surface area contributed by atoms with Crippen molar-refractivity contribution in [1.29, 1.82) is 0 Å². The molecule has 1 spiro atoms. The van der Waals surface area contributed by atoms with Gasteiger partial charge in [-0.3, -0.25) is 4.79 Å². The van der Waals surface area contributed by atoms with Crippen molar-refractivity contribution in [3.63, 3.8) is 0 Å². The van der Waals surface area contributed by atoms with E-state index >= 15 is 0 Å². The normalized spacial score (nSPS) is 22.0. The van der Waals surface area contributed by atoms with Gasteiger partial charge < -0.3 is 24.8 Å². The molecule has 11 heteroatoms. The van der Waals surface area contributed by atoms with Crippen molar-refractivity contribution in [3.8, 4) is 0 Å². The molecule has 2 saturated heterocycles. The minimum atomic E-state index is -3.85. The molecule has 3 aliphatic rings. The molecule has 0 bridgehead atoms. The van der Waals surface area contributed by atoms with Gasteiger partial charge in [0, 0.05) is 56.9 Å². The van der Waals surface area contributed by atoms with E-state index in [1.54, 1.807) is 19.1 Å². The lowest BCUT2D eigenvalue weighted by molar-refractivity contribution is 0.102. The third kappa shape index (κ3) is 5.54. The van der Waals surface area contributed by atoms with Crippen LogP contribution >= 0.6 is 0 Å². The van der Waals surface area contributed by atoms with Gasteiger partial charge >= 0.3 is 0 Å². The topological polar surface area (TPSA) is 107 Å². The molecule has 1 aromatic heterocycles. The zero-order valence-corrected chi connectivity index (χ0v) is 24.4. The number of aryl methyl sites for hydroxylation is 1. The van der Waals surface area contributed by atoms with Gasteiger partial charge in [0.2, 0.25) is 10.0 Å². The number of hydrogen-bond donors (Lipinski definition) is 3. The van der Waals surface area contributed by atoms with Crippen LogP contribution in [0.15, 0.2) is 47.5 Å². The van der Waals surface area contributed by atoms with Gasteiger partial charge in [0.25, 0.3) is 5.91 Å². The Balaban J connectivity index is 1.33. The lowest BCUT2D eigenvalue weighted by Gasteiger charge is -2.35. The Labute approximate surface area is 240 Å². The van der Waals surface area contributed by atoms with E-state index in [-0.39, 0.29) is 30.5 Å². The van der Waals surface area contributed by atoms with Crippen LogP contribution in [0.4, 0.5) is 21.5 Å². The first-order chi connectivity index (χ1) is 19.5. The van der Waals surface area contributed by atoms with Crippen LogP contribution in [-0.2, 0) is 17.1 Å². The molecule has 0 radical (unpaired) electrons. The molecule has 9 nitrogen and oxygen atoms in total. The number of carbonyl (C=O) groups is 1. The number of amides is 1. The lowest BCUT2D eigenvalue weighted by atomic mass is 9.93. The summed E-state index contributed by atoms with van der Waals surface area (Å²) in [6, 6.07) is 10.4. The van der Waals surface area contributed by atoms with Crippen LogP contribution in [0.1, 0.15) is 49.4 Å². The number of nitrogens with zero attached hydrogens (tertiary/aromatic N) is 3. The van der Waals surface area contributed by atoms with E-state index in [0.717, 1.165) is 42.5 Å². The predicted molar refractivity (Wildman–Crippen MR) is 159 cm³/mol. The number of alkyl halides is 1. The minimum Gasteiger partial charge on any atom is -0.395 e. The summed E-state index contributed by atoms with van der Waals surface area (Å²) in [6.45, 7) is 3.61. The third-order valence-electron chi connectivity index (χ3n) is 9.02. The number of rotatable bonds is 8. The third-order valence-corrected chi connectivity index (χ3v) is 10.5. The number of hydrogen-bond acceptors (Lipinski definition) is 6. The van der Waals surface area contributed by atoms with Crippen molar-refractivity contribution in [1.82, 2.24) is 9.29 Å². The van der Waals surface area contributed by atoms with Crippen molar-refractivity contribution < 1.29 is 22.7 Å². The van der Waals surface area contributed by atoms with Crippen LogP contribution in [0, 0.1) is 5.41 Å². The average Bonchev–Trinajstić information content (AvgIpc) is 3.44. The maximum absolute atomic E-state index is 14.8. The fraction of sp³-hybridized carbons (Fsp3) is 0.500. The Morgan fingerprint density at radius 2 is 1.73 bits per heavy atom. The highest BCUT2D eigenvalue weighted by atomic mass is 32.2. The summed E-state index contributed by atoms with van der Waals surface area (Å²) in [5, 5.41) is 13.1. The van der Waals surface area contributed by atoms with Gasteiger partial charge in [-0.05, 0) is 74.4 Å². The van der Waals surface area contributed by atoms with Crippen LogP contribution in [0.25, 0.3) is 10.9 Å². The van der Waals surface area contributed by atoms with Crippen LogP contribution in [0.2, 0.25) is 0 Å². The molecule has 1 saturated carbocycles. The fourth-order valence-electron chi connectivity index (χ4n) is 6.35. The molecule has 3 fully saturated rings. The number of aliphatic hydroxyl groups excluding tert-OH is 1. The number of carbonyl (C=O) groups excluding carboxylic acids is 1. The number of piperidine rings is 1. The summed E-state index contributed by atoms with van der Waals surface area (Å²) >= 11 is 0. The van der Waals surface area contributed by atoms with Crippen LogP contribution in [0.3, 0.4) is 0 Å². The number of halogens is 1. The van der Waals surface area contributed by atoms with E-state index in [0.29, 0.717) is 35.3 Å². The molecular weight excluding hydrogens is 545 g/mol. The highest BCUT2D eigenvalue weighted by Crippen LogP contribution is 2.54. The van der Waals surface area contributed by atoms with Crippen molar-refractivity contribution >= 4 is 43.9 Å². The van der Waals surface area contributed by atoms with Gasteiger partial charge in [0.05, 0.1) is 40.5 Å². The molecule has 3 heterocycles. The summed E-state index contributed by atoms with van der Waals surface area (Å²) in [5.41, 5.74) is 2.57. The van der Waals surface area contributed by atoms with E-state index in [1.807, 2.05) is 40.9 Å². The molecule has 1 amide bonds. The number of aromatic nitrogens is 1. The van der Waals surface area contributed by atoms with Crippen molar-refractivity contribution in [3.05, 3.63) is 48.2 Å². The monoisotopic (exact) mass is 583 g/mol. The van der Waals surface area contributed by atoms with Gasteiger partial charge in [-0.1, -0.05) is 0 Å². The minimum absolute atomic E-state index is 0.0560. The molecule has 220 valence electrons. The maximum Gasteiger partial charge on any atom is 0.257 e. The number of nitrogens with one attached hydrogen (secondary N) is 2. The molecular formula is C30H38FN5O4S. The standard InChI is InChI=1S/C30H38FN5O4S/c1-29(31)8-13-36(20-29)26-18-22(17-21-5-12-34(2)27(21)26)33-28(38)24-4-3-23(41(39,40)32-11-16-37)19-25(24)35-14-9-30(6-7-30)10-15-35/h3-5,12,17-19,32,37H,6-11,13-16,20H2,1-2H3,(H,33,38). The number of sulfonamides is 1. The van der Waals surface area contributed by atoms with E-state index in [1.165, 1.54) is 18.9 Å². The molecule has 2 aromatic carbocycles. The Bertz CT molecular complexity index is 1590. The van der Waals surface area contributed by atoms with Crippen LogP contribution in [-0.4, -0.2) is 69.0 Å². The largest absolute Gasteiger partial charge is 0.395 e. The summed E-state index contributed by atoms with van der Waals surface area (Å²) in [7, 11) is -1.89. The van der Waals surface area contributed by atoms with E-state index in [2.05, 4.69) is 14.9 Å². The van der Waals surface area contributed by atoms with Gasteiger partial charge in [0.1, 0.15) is 5.67 Å². The van der Waals surface area contributed by atoms with Crippen molar-refractivity contribution in [2.24, 2.45) is 12.5 Å². The van der Waals surface area contributed by atoms with Gasteiger partial charge in [-0.15, -0.1) is 0 Å². The first-order valence-corrected chi connectivity index (χ1v) is 15.8. The Hall–Kier alpha value is -3.15. The smallest absolute Gasteiger partial charge is 0.257 e. The van der Waals surface area contributed by atoms with Crippen molar-refractivity contribution in [2.75, 3.05) is 54.4 Å². The highest BCUT2D eigenvalue weighted by Gasteiger charge is 2.44. The second-order valence-electron chi connectivity index (χ2n) is 12.2. The number of benzene rings is 2. The average molecular weight is 584 g/mol. The quantitative estimate of drug-likeness (QED) is 0.370. The van der Waals surface area contributed by atoms with Gasteiger partial charge in [-0.2, -0.15) is 0 Å². The summed E-state index contributed by atoms with van der Waals surface area (Å²) in [6.07, 6.45) is 6.90. The Morgan fingerprint density at radius 1 is 1.00 bits per heavy atom. The molecule has 3 N–H and O–H groups in total. The summed E-state index contributed by atoms with van der Waals surface area (Å²) in [5.74, 6) is -0.336. The molecule has 41 heavy (non-hydrogen) atoms. The van der Waals surface area contributed by atoms with Crippen molar-refractivity contribution in [2.45, 2.75) is 49.6 Å². The second kappa shape index (κ2) is 10.3. The first kappa shape index (κ1) is 28.0. The van der Waals surface area contributed by atoms with Crippen LogP contribution in [0.5, 0.6) is 0 Å². The van der Waals surface area contributed by atoms with E-state index in [9.17, 15) is 17.6 Å². The lowest BCUT2D eigenvalue weighted by Crippen LogP contribution is -2.36. The zero-order chi connectivity index (χ0) is 29.0. The Morgan fingerprint density at radius 3 is 2.39 bits per heavy atom. The van der Waals surface area contributed by atoms with Crippen LogP contribution < -0.4 is 19.8 Å². The molecule has 1 unspecified atom stereocenters. The van der Waals surface area contributed by atoms with Gasteiger partial charge in [0.15, 0.2) is 0 Å². The zero-order valence-electron chi connectivity index (χ0n) is 23.6. The Kier molecular flexibility index (Phi) is 7.02. The number of fused-ring (bicyclic) bond motifs is 1. The fourth-order valence-corrected chi connectivity index (χ4v) is 7.40. The number of aliphatic hydroxyl groups is 1. The molecule has 6 rings (SSSR count). The van der Waals surface area contributed by atoms with E-state index < -0.39 is 15.7 Å². The second-order valence-corrected chi connectivity index (χ2v) is 14.0. The van der Waals surface area contributed by atoms with Gasteiger partial charge in [-0.25, -0.2) is 17.5 Å². The highest BCUT2D eigenvalue weighted by molar-refractivity contribution is 7.89. The summed E-state index contributed by atoms with van der Waals surface area (Å²) < 4.78 is 44.9. The van der Waals surface area contributed by atoms with E-state index in [4.69, 9.17) is 5.11 Å². The predicted octanol–water partition coefficient (Wildman–Crippen LogP) is 4.02.